The van der Waals surface area contributed by atoms with Crippen molar-refractivity contribution in [3.8, 4) is 0 Å². The summed E-state index contributed by atoms with van der Waals surface area (Å²) >= 11 is 0. The predicted molar refractivity (Wildman–Crippen MR) is 122 cm³/mol. The Morgan fingerprint density at radius 3 is 2.67 bits per heavy atom. The van der Waals surface area contributed by atoms with Crippen LogP contribution in [0.4, 0.5) is 5.69 Å². The van der Waals surface area contributed by atoms with Crippen LogP contribution >= 0.6 is 0 Å². The van der Waals surface area contributed by atoms with Crippen molar-refractivity contribution < 1.29 is 19.4 Å². The second-order valence-electron chi connectivity index (χ2n) is 9.78. The van der Waals surface area contributed by atoms with Crippen molar-refractivity contribution in [2.24, 2.45) is 5.92 Å². The van der Waals surface area contributed by atoms with Crippen molar-refractivity contribution in [2.75, 3.05) is 12.3 Å². The summed E-state index contributed by atoms with van der Waals surface area (Å²) in [7, 11) is 0. The second kappa shape index (κ2) is 9.52. The van der Waals surface area contributed by atoms with Gasteiger partial charge in [0.1, 0.15) is 0 Å². The molecule has 2 unspecified atom stereocenters. The maximum Gasteiger partial charge on any atom is 0.337 e. The van der Waals surface area contributed by atoms with E-state index < -0.39 is 17.7 Å². The fraction of sp³-hybridized carbons (Fsp3) is 0.640. The van der Waals surface area contributed by atoms with Crippen LogP contribution in [-0.4, -0.2) is 28.9 Å². The molecule has 0 bridgehead atoms. The Bertz CT molecular complexity index is 793. The molecule has 0 radical (unpaired) electrons. The third kappa shape index (κ3) is 5.86. The van der Waals surface area contributed by atoms with E-state index >= 15 is 0 Å². The molecule has 3 N–H and O–H groups in total. The second-order valence-corrected chi connectivity index (χ2v) is 9.78. The number of nitrogens with two attached hydrogens (primary N) is 1. The van der Waals surface area contributed by atoms with Gasteiger partial charge in [0.05, 0.1) is 11.2 Å². The molecule has 0 aliphatic carbocycles. The standard InChI is InChI=1S/C25H39NO4/c1-16-15-20(26)18(3)21(22(23(27)28)30-24(4,5)6)19(16)12-10-13-25(7)17(2)11-8-9-14-29-25/h10,13,15,17,22H,8-9,11-12,14,26H2,1-7H3,(H,27,28)/b13-10-/t17?,22?,25-/m0/s1. The monoisotopic (exact) mass is 417 g/mol. The van der Waals surface area contributed by atoms with Crippen LogP contribution in [0.1, 0.15) is 82.2 Å². The number of ether oxygens (including phenoxy) is 2. The fourth-order valence-corrected chi connectivity index (χ4v) is 4.13. The van der Waals surface area contributed by atoms with Gasteiger partial charge in [0.25, 0.3) is 0 Å². The number of hydrogen-bond acceptors (Lipinski definition) is 4. The number of aryl methyl sites for hydroxylation is 1. The van der Waals surface area contributed by atoms with Gasteiger partial charge in [-0.25, -0.2) is 4.79 Å². The Labute approximate surface area is 181 Å². The molecule has 1 fully saturated rings. The summed E-state index contributed by atoms with van der Waals surface area (Å²) in [5.74, 6) is -0.572. The molecule has 2 rings (SSSR count). The van der Waals surface area contributed by atoms with Crippen molar-refractivity contribution >= 4 is 11.7 Å². The van der Waals surface area contributed by atoms with Crippen molar-refractivity contribution in [1.29, 1.82) is 0 Å². The molecule has 0 amide bonds. The molecule has 0 aromatic heterocycles. The number of nitrogen functional groups attached to an aromatic ring is 1. The smallest absolute Gasteiger partial charge is 0.337 e. The average Bonchev–Trinajstić information content (AvgIpc) is 2.78. The van der Waals surface area contributed by atoms with Gasteiger partial charge in [0, 0.05) is 17.9 Å². The maximum absolute atomic E-state index is 12.2. The first-order valence-corrected chi connectivity index (χ1v) is 11.0. The summed E-state index contributed by atoms with van der Waals surface area (Å²) in [4.78, 5) is 12.2. The van der Waals surface area contributed by atoms with Gasteiger partial charge in [0.15, 0.2) is 6.10 Å². The number of hydrogen-bond donors (Lipinski definition) is 2. The minimum absolute atomic E-state index is 0.304. The zero-order valence-electron chi connectivity index (χ0n) is 19.7. The van der Waals surface area contributed by atoms with Crippen LogP contribution in [0.2, 0.25) is 0 Å². The molecular formula is C25H39NO4. The molecule has 3 atom stereocenters. The van der Waals surface area contributed by atoms with Crippen LogP contribution in [0.15, 0.2) is 18.2 Å². The topological polar surface area (TPSA) is 81.8 Å². The SMILES string of the molecule is Cc1cc(N)c(C)c(C(OC(C)(C)C)C(=O)O)c1C/C=C\[C@]1(C)OCCCCC1C. The average molecular weight is 418 g/mol. The lowest BCUT2D eigenvalue weighted by molar-refractivity contribution is -0.160. The van der Waals surface area contributed by atoms with Gasteiger partial charge in [0.2, 0.25) is 0 Å². The van der Waals surface area contributed by atoms with E-state index in [0.717, 1.165) is 36.1 Å². The van der Waals surface area contributed by atoms with Crippen LogP contribution in [0.25, 0.3) is 0 Å². The number of rotatable bonds is 6. The third-order valence-corrected chi connectivity index (χ3v) is 6.16. The van der Waals surface area contributed by atoms with E-state index in [9.17, 15) is 9.90 Å². The van der Waals surface area contributed by atoms with E-state index in [0.29, 0.717) is 23.6 Å². The quantitative estimate of drug-likeness (QED) is 0.470. The van der Waals surface area contributed by atoms with E-state index in [1.165, 1.54) is 6.42 Å². The fourth-order valence-electron chi connectivity index (χ4n) is 4.13. The molecule has 1 heterocycles. The van der Waals surface area contributed by atoms with Gasteiger partial charge in [-0.15, -0.1) is 0 Å². The lowest BCUT2D eigenvalue weighted by Gasteiger charge is -2.31. The van der Waals surface area contributed by atoms with Crippen LogP contribution in [-0.2, 0) is 20.7 Å². The van der Waals surface area contributed by atoms with Gasteiger partial charge >= 0.3 is 5.97 Å². The summed E-state index contributed by atoms with van der Waals surface area (Å²) in [6.45, 7) is 14.6. The number of carbonyl (C=O) groups is 1. The summed E-state index contributed by atoms with van der Waals surface area (Å²) in [5, 5.41) is 9.95. The van der Waals surface area contributed by atoms with Crippen LogP contribution in [0.5, 0.6) is 0 Å². The van der Waals surface area contributed by atoms with E-state index in [4.69, 9.17) is 15.2 Å². The first-order valence-electron chi connectivity index (χ1n) is 11.0. The highest BCUT2D eigenvalue weighted by Crippen LogP contribution is 2.36. The number of carboxylic acids is 1. The molecule has 5 nitrogen and oxygen atoms in total. The molecular weight excluding hydrogens is 378 g/mol. The first-order chi connectivity index (χ1) is 13.9. The zero-order valence-corrected chi connectivity index (χ0v) is 19.7. The van der Waals surface area contributed by atoms with Gasteiger partial charge < -0.3 is 20.3 Å². The zero-order chi connectivity index (χ0) is 22.7. The number of carboxylic acid groups (broad SMARTS) is 1. The highest BCUT2D eigenvalue weighted by molar-refractivity contribution is 5.77. The summed E-state index contributed by atoms with van der Waals surface area (Å²) < 4.78 is 12.1. The normalized spacial score (nSPS) is 24.0. The molecule has 30 heavy (non-hydrogen) atoms. The van der Waals surface area contributed by atoms with Crippen molar-refractivity contribution in [2.45, 2.75) is 91.5 Å². The lowest BCUT2D eigenvalue weighted by Crippen LogP contribution is -2.33. The Morgan fingerprint density at radius 1 is 1.40 bits per heavy atom. The van der Waals surface area contributed by atoms with Gasteiger partial charge in [-0.3, -0.25) is 0 Å². The molecule has 1 saturated heterocycles. The summed E-state index contributed by atoms with van der Waals surface area (Å²) in [6.07, 6.45) is 7.22. The molecule has 1 aliphatic rings. The van der Waals surface area contributed by atoms with E-state index in [1.54, 1.807) is 0 Å². The van der Waals surface area contributed by atoms with Crippen molar-refractivity contribution in [3.63, 3.8) is 0 Å². The van der Waals surface area contributed by atoms with Crippen molar-refractivity contribution in [3.05, 3.63) is 40.5 Å². The maximum atomic E-state index is 12.2. The number of benzene rings is 1. The number of anilines is 1. The minimum atomic E-state index is -1.07. The van der Waals surface area contributed by atoms with Crippen molar-refractivity contribution in [1.82, 2.24) is 0 Å². The molecule has 5 heteroatoms. The number of allylic oxidation sites excluding steroid dienone is 1. The third-order valence-electron chi connectivity index (χ3n) is 6.16. The molecule has 1 aromatic rings. The number of aliphatic carboxylic acids is 1. The van der Waals surface area contributed by atoms with Crippen LogP contribution < -0.4 is 5.73 Å². The molecule has 1 aliphatic heterocycles. The molecule has 0 saturated carbocycles. The van der Waals surface area contributed by atoms with Gasteiger partial charge in [-0.05, 0) is 89.5 Å². The highest BCUT2D eigenvalue weighted by Gasteiger charge is 2.32. The van der Waals surface area contributed by atoms with Crippen LogP contribution in [0.3, 0.4) is 0 Å². The highest BCUT2D eigenvalue weighted by atomic mass is 16.5. The molecule has 1 aromatic carbocycles. The van der Waals surface area contributed by atoms with Crippen LogP contribution in [0, 0.1) is 19.8 Å². The largest absolute Gasteiger partial charge is 0.479 e. The van der Waals surface area contributed by atoms with Gasteiger partial charge in [-0.1, -0.05) is 25.5 Å². The predicted octanol–water partition coefficient (Wildman–Crippen LogP) is 5.52. The molecule has 168 valence electrons. The Kier molecular flexibility index (Phi) is 7.75. The van der Waals surface area contributed by atoms with E-state index in [2.05, 4.69) is 26.0 Å². The Morgan fingerprint density at radius 2 is 2.07 bits per heavy atom. The Balaban J connectivity index is 2.44. The minimum Gasteiger partial charge on any atom is -0.479 e. The summed E-state index contributed by atoms with van der Waals surface area (Å²) in [6, 6.07) is 1.92. The lowest BCUT2D eigenvalue weighted by atomic mass is 9.85. The van der Waals surface area contributed by atoms with Gasteiger partial charge in [-0.2, -0.15) is 0 Å². The summed E-state index contributed by atoms with van der Waals surface area (Å²) in [5.41, 5.74) is 9.26. The molecule has 0 spiro atoms. The Hall–Kier alpha value is -1.85. The van der Waals surface area contributed by atoms with E-state index in [-0.39, 0.29) is 5.60 Å². The first kappa shape index (κ1) is 24.4. The van der Waals surface area contributed by atoms with E-state index in [1.807, 2.05) is 40.7 Å².